The van der Waals surface area contributed by atoms with E-state index in [1.54, 1.807) is 11.8 Å². The van der Waals surface area contributed by atoms with Gasteiger partial charge < -0.3 is 5.32 Å². The summed E-state index contributed by atoms with van der Waals surface area (Å²) in [4.78, 5) is 24.4. The zero-order valence-electron chi connectivity index (χ0n) is 9.19. The van der Waals surface area contributed by atoms with Gasteiger partial charge in [-0.25, -0.2) is 4.79 Å². The van der Waals surface area contributed by atoms with E-state index in [2.05, 4.69) is 5.32 Å². The van der Waals surface area contributed by atoms with Gasteiger partial charge >= 0.3 is 6.03 Å². The van der Waals surface area contributed by atoms with Crippen LogP contribution in [0, 0.1) is 0 Å². The van der Waals surface area contributed by atoms with Crippen molar-refractivity contribution in [3.8, 4) is 0 Å². The first-order chi connectivity index (χ1) is 7.68. The molecule has 1 aromatic rings. The minimum absolute atomic E-state index is 0.0870. The van der Waals surface area contributed by atoms with Crippen molar-refractivity contribution in [1.82, 2.24) is 5.32 Å². The molecule has 1 aromatic carbocycles. The third-order valence-corrected chi connectivity index (χ3v) is 2.58. The predicted molar refractivity (Wildman–Crippen MR) is 61.6 cm³/mol. The number of ketones is 1. The number of hydrogen-bond acceptors (Lipinski definition) is 2. The van der Waals surface area contributed by atoms with Crippen molar-refractivity contribution < 1.29 is 9.59 Å². The molecule has 0 atom stereocenters. The van der Waals surface area contributed by atoms with Crippen LogP contribution in [0.3, 0.4) is 0 Å². The summed E-state index contributed by atoms with van der Waals surface area (Å²) in [6.45, 7) is 2.88. The standard InChI is InChI=1S/C12H14N2O2/c1-9(15)8-10-4-2-3-5-11(10)14-7-6-13-12(14)16/h2-5H,6-8H2,1H3,(H,13,16). The van der Waals surface area contributed by atoms with Crippen LogP contribution in [0.1, 0.15) is 12.5 Å². The van der Waals surface area contributed by atoms with Crippen molar-refractivity contribution in [2.75, 3.05) is 18.0 Å². The van der Waals surface area contributed by atoms with E-state index in [9.17, 15) is 9.59 Å². The average molecular weight is 218 g/mol. The zero-order valence-corrected chi connectivity index (χ0v) is 9.19. The lowest BCUT2D eigenvalue weighted by Gasteiger charge is -2.17. The molecular formula is C12H14N2O2. The molecular weight excluding hydrogens is 204 g/mol. The SMILES string of the molecule is CC(=O)Cc1ccccc1N1CCNC1=O. The molecule has 1 aliphatic heterocycles. The van der Waals surface area contributed by atoms with Crippen LogP contribution in [-0.4, -0.2) is 24.9 Å². The second-order valence-electron chi connectivity index (χ2n) is 3.89. The topological polar surface area (TPSA) is 49.4 Å². The highest BCUT2D eigenvalue weighted by Gasteiger charge is 2.23. The van der Waals surface area contributed by atoms with E-state index >= 15 is 0 Å². The predicted octanol–water partition coefficient (Wildman–Crippen LogP) is 1.35. The van der Waals surface area contributed by atoms with E-state index < -0.39 is 0 Å². The number of urea groups is 1. The Hall–Kier alpha value is -1.84. The molecule has 0 aromatic heterocycles. The van der Waals surface area contributed by atoms with Gasteiger partial charge in [0.25, 0.3) is 0 Å². The molecule has 2 amide bonds. The van der Waals surface area contributed by atoms with Crippen LogP contribution in [0.2, 0.25) is 0 Å². The Morgan fingerprint density at radius 3 is 2.81 bits per heavy atom. The molecule has 4 nitrogen and oxygen atoms in total. The van der Waals surface area contributed by atoms with E-state index in [4.69, 9.17) is 0 Å². The lowest BCUT2D eigenvalue weighted by atomic mass is 10.1. The van der Waals surface area contributed by atoms with Crippen molar-refractivity contribution in [3.05, 3.63) is 29.8 Å². The van der Waals surface area contributed by atoms with E-state index in [0.717, 1.165) is 11.3 Å². The van der Waals surface area contributed by atoms with E-state index in [1.165, 1.54) is 0 Å². The maximum absolute atomic E-state index is 11.5. The summed E-state index contributed by atoms with van der Waals surface area (Å²) < 4.78 is 0. The van der Waals surface area contributed by atoms with Crippen molar-refractivity contribution in [1.29, 1.82) is 0 Å². The number of carbonyl (C=O) groups excluding carboxylic acids is 2. The Kier molecular flexibility index (Phi) is 2.90. The first kappa shape index (κ1) is 10.7. The molecule has 1 aliphatic rings. The number of para-hydroxylation sites is 1. The molecule has 1 saturated heterocycles. The van der Waals surface area contributed by atoms with Crippen LogP contribution in [-0.2, 0) is 11.2 Å². The van der Waals surface area contributed by atoms with Gasteiger partial charge in [0.1, 0.15) is 5.78 Å². The van der Waals surface area contributed by atoms with Crippen LogP contribution in [0.15, 0.2) is 24.3 Å². The fraction of sp³-hybridized carbons (Fsp3) is 0.333. The number of carbonyl (C=O) groups is 2. The van der Waals surface area contributed by atoms with Gasteiger partial charge in [0, 0.05) is 25.2 Å². The molecule has 84 valence electrons. The van der Waals surface area contributed by atoms with Gasteiger partial charge in [-0.15, -0.1) is 0 Å². The molecule has 1 N–H and O–H groups in total. The van der Waals surface area contributed by atoms with Gasteiger partial charge in [0.05, 0.1) is 0 Å². The van der Waals surface area contributed by atoms with Crippen molar-refractivity contribution in [2.45, 2.75) is 13.3 Å². The van der Waals surface area contributed by atoms with Crippen LogP contribution in [0.5, 0.6) is 0 Å². The maximum atomic E-state index is 11.5. The number of amides is 2. The molecule has 1 fully saturated rings. The van der Waals surface area contributed by atoms with E-state index in [0.29, 0.717) is 19.5 Å². The summed E-state index contributed by atoms with van der Waals surface area (Å²) in [5.74, 6) is 0.104. The lowest BCUT2D eigenvalue weighted by molar-refractivity contribution is -0.116. The van der Waals surface area contributed by atoms with Crippen molar-refractivity contribution in [2.24, 2.45) is 0 Å². The Balaban J connectivity index is 2.32. The number of anilines is 1. The second kappa shape index (κ2) is 4.35. The summed E-state index contributed by atoms with van der Waals surface area (Å²) in [5, 5.41) is 2.75. The smallest absolute Gasteiger partial charge is 0.322 e. The third kappa shape index (κ3) is 2.05. The summed E-state index contributed by atoms with van der Waals surface area (Å²) >= 11 is 0. The number of Topliss-reactive ketones (excluding diaryl/α,β-unsaturated/α-hetero) is 1. The number of hydrogen-bond donors (Lipinski definition) is 1. The molecule has 0 radical (unpaired) electrons. The normalized spacial score (nSPS) is 15.1. The number of rotatable bonds is 3. The van der Waals surface area contributed by atoms with Gasteiger partial charge in [-0.05, 0) is 18.6 Å². The Morgan fingerprint density at radius 2 is 2.19 bits per heavy atom. The summed E-state index contributed by atoms with van der Waals surface area (Å²) in [7, 11) is 0. The van der Waals surface area contributed by atoms with Gasteiger partial charge in [-0.1, -0.05) is 18.2 Å². The van der Waals surface area contributed by atoms with E-state index in [1.807, 2.05) is 24.3 Å². The van der Waals surface area contributed by atoms with Crippen LogP contribution in [0.25, 0.3) is 0 Å². The zero-order chi connectivity index (χ0) is 11.5. The van der Waals surface area contributed by atoms with Gasteiger partial charge in [-0.2, -0.15) is 0 Å². The molecule has 16 heavy (non-hydrogen) atoms. The third-order valence-electron chi connectivity index (χ3n) is 2.58. The Bertz CT molecular complexity index is 429. The summed E-state index contributed by atoms with van der Waals surface area (Å²) in [6, 6.07) is 7.45. The minimum atomic E-state index is -0.0870. The molecule has 0 unspecified atom stereocenters. The molecule has 0 spiro atoms. The highest BCUT2D eigenvalue weighted by atomic mass is 16.2. The highest BCUT2D eigenvalue weighted by Crippen LogP contribution is 2.22. The fourth-order valence-corrected chi connectivity index (χ4v) is 1.89. The van der Waals surface area contributed by atoms with Crippen LogP contribution >= 0.6 is 0 Å². The van der Waals surface area contributed by atoms with Gasteiger partial charge in [0.15, 0.2) is 0 Å². The Morgan fingerprint density at radius 1 is 1.44 bits per heavy atom. The minimum Gasteiger partial charge on any atom is -0.336 e. The monoisotopic (exact) mass is 218 g/mol. The molecule has 4 heteroatoms. The second-order valence-corrected chi connectivity index (χ2v) is 3.89. The maximum Gasteiger partial charge on any atom is 0.322 e. The number of nitrogens with zero attached hydrogens (tertiary/aromatic N) is 1. The molecule has 0 aliphatic carbocycles. The molecule has 0 bridgehead atoms. The summed E-state index contributed by atoms with van der Waals surface area (Å²) in [5.41, 5.74) is 1.75. The van der Waals surface area contributed by atoms with Crippen LogP contribution < -0.4 is 10.2 Å². The van der Waals surface area contributed by atoms with Crippen molar-refractivity contribution in [3.63, 3.8) is 0 Å². The molecule has 1 heterocycles. The largest absolute Gasteiger partial charge is 0.336 e. The first-order valence-electron chi connectivity index (χ1n) is 5.31. The van der Waals surface area contributed by atoms with Gasteiger partial charge in [0.2, 0.25) is 0 Å². The van der Waals surface area contributed by atoms with Gasteiger partial charge in [-0.3, -0.25) is 9.69 Å². The number of nitrogens with one attached hydrogen (secondary N) is 1. The lowest BCUT2D eigenvalue weighted by Crippen LogP contribution is -2.28. The fourth-order valence-electron chi connectivity index (χ4n) is 1.89. The van der Waals surface area contributed by atoms with E-state index in [-0.39, 0.29) is 11.8 Å². The molecule has 2 rings (SSSR count). The summed E-state index contributed by atoms with van der Waals surface area (Å²) in [6.07, 6.45) is 0.375. The molecule has 0 saturated carbocycles. The highest BCUT2D eigenvalue weighted by molar-refractivity contribution is 5.95. The van der Waals surface area contributed by atoms with Crippen LogP contribution in [0.4, 0.5) is 10.5 Å². The first-order valence-corrected chi connectivity index (χ1v) is 5.31. The quantitative estimate of drug-likeness (QED) is 0.832. The number of benzene rings is 1. The Labute approximate surface area is 94.2 Å². The van der Waals surface area contributed by atoms with Crippen molar-refractivity contribution >= 4 is 17.5 Å². The average Bonchev–Trinajstić information content (AvgIpc) is 2.64.